The number of hydrogen-bond donors (Lipinski definition) is 1. The Bertz CT molecular complexity index is 186. The minimum Gasteiger partial charge on any atom is -0.316 e. The van der Waals surface area contributed by atoms with Gasteiger partial charge in [0.15, 0.2) is 0 Å². The molecule has 0 amide bonds. The van der Waals surface area contributed by atoms with Crippen molar-refractivity contribution in [3.05, 3.63) is 0 Å². The van der Waals surface area contributed by atoms with Crippen LogP contribution in [0.2, 0.25) is 0 Å². The van der Waals surface area contributed by atoms with Crippen LogP contribution in [-0.4, -0.2) is 37.1 Å². The van der Waals surface area contributed by atoms with E-state index < -0.39 is 0 Å². The fraction of sp³-hybridized carbons (Fsp3) is 1.00. The minimum absolute atomic E-state index is 0.714. The topological polar surface area (TPSA) is 15.3 Å². The lowest BCUT2D eigenvalue weighted by Crippen LogP contribution is -2.34. The van der Waals surface area contributed by atoms with Crippen LogP contribution in [0.5, 0.6) is 0 Å². The molecule has 2 heteroatoms. The molecule has 0 bridgehead atoms. The molecule has 0 aromatic rings. The van der Waals surface area contributed by atoms with Crippen LogP contribution >= 0.6 is 0 Å². The summed E-state index contributed by atoms with van der Waals surface area (Å²) in [6.07, 6.45) is 9.73. The quantitative estimate of drug-likeness (QED) is 0.632. The van der Waals surface area contributed by atoms with Crippen molar-refractivity contribution < 1.29 is 0 Å². The van der Waals surface area contributed by atoms with Crippen molar-refractivity contribution in [2.45, 2.75) is 71.8 Å². The van der Waals surface area contributed by atoms with Gasteiger partial charge in [0.25, 0.3) is 0 Å². The molecule has 1 N–H and O–H groups in total. The van der Waals surface area contributed by atoms with Crippen molar-refractivity contribution in [2.75, 3.05) is 26.2 Å². The van der Waals surface area contributed by atoms with Gasteiger partial charge in [0.1, 0.15) is 0 Å². The van der Waals surface area contributed by atoms with E-state index in [0.29, 0.717) is 6.04 Å². The summed E-state index contributed by atoms with van der Waals surface area (Å²) in [6.45, 7) is 12.1. The summed E-state index contributed by atoms with van der Waals surface area (Å²) in [5.74, 6) is 0.948. The number of unbranched alkanes of at least 4 members (excludes halogenated alkanes) is 2. The molecule has 108 valence electrons. The van der Waals surface area contributed by atoms with E-state index in [1.54, 1.807) is 0 Å². The first kappa shape index (κ1) is 16.0. The lowest BCUT2D eigenvalue weighted by Gasteiger charge is -2.28. The van der Waals surface area contributed by atoms with Gasteiger partial charge in [-0.25, -0.2) is 0 Å². The van der Waals surface area contributed by atoms with Crippen molar-refractivity contribution in [3.8, 4) is 0 Å². The fourth-order valence-electron chi connectivity index (χ4n) is 2.95. The Balaban J connectivity index is 2.11. The molecule has 1 saturated heterocycles. The highest BCUT2D eigenvalue weighted by Gasteiger charge is 2.14. The average Bonchev–Trinajstić information content (AvgIpc) is 2.38. The van der Waals surface area contributed by atoms with Gasteiger partial charge in [0.05, 0.1) is 0 Å². The Hall–Kier alpha value is -0.0800. The van der Waals surface area contributed by atoms with E-state index in [4.69, 9.17) is 0 Å². The summed E-state index contributed by atoms with van der Waals surface area (Å²) >= 11 is 0. The third-order valence-electron chi connectivity index (χ3n) is 4.24. The first-order valence-electron chi connectivity index (χ1n) is 8.18. The Morgan fingerprint density at radius 3 is 2.56 bits per heavy atom. The smallest absolute Gasteiger partial charge is 0.00385 e. The molecule has 1 rings (SSSR count). The molecule has 2 nitrogen and oxygen atoms in total. The van der Waals surface area contributed by atoms with Crippen LogP contribution in [0.4, 0.5) is 0 Å². The van der Waals surface area contributed by atoms with Crippen LogP contribution in [0, 0.1) is 5.92 Å². The van der Waals surface area contributed by atoms with Crippen LogP contribution in [0.1, 0.15) is 65.7 Å². The van der Waals surface area contributed by atoms with Gasteiger partial charge in [-0.15, -0.1) is 0 Å². The van der Waals surface area contributed by atoms with Gasteiger partial charge in [-0.05, 0) is 78.0 Å². The van der Waals surface area contributed by atoms with Crippen LogP contribution in [0.25, 0.3) is 0 Å². The van der Waals surface area contributed by atoms with E-state index in [2.05, 4.69) is 31.0 Å². The molecule has 0 radical (unpaired) electrons. The third-order valence-corrected chi connectivity index (χ3v) is 4.24. The normalized spacial score (nSPS) is 20.8. The summed E-state index contributed by atoms with van der Waals surface area (Å²) in [7, 11) is 0. The molecule has 0 spiro atoms. The maximum absolute atomic E-state index is 3.52. The number of nitrogens with zero attached hydrogens (tertiary/aromatic N) is 1. The molecular formula is C16H34N2. The van der Waals surface area contributed by atoms with Gasteiger partial charge in [0.2, 0.25) is 0 Å². The second-order valence-corrected chi connectivity index (χ2v) is 6.19. The summed E-state index contributed by atoms with van der Waals surface area (Å²) in [6, 6.07) is 0.714. The maximum atomic E-state index is 3.52. The van der Waals surface area contributed by atoms with Crippen molar-refractivity contribution in [1.29, 1.82) is 0 Å². The monoisotopic (exact) mass is 254 g/mol. The Labute approximate surface area is 115 Å². The van der Waals surface area contributed by atoms with E-state index in [9.17, 15) is 0 Å². The molecular weight excluding hydrogens is 220 g/mol. The maximum Gasteiger partial charge on any atom is 0.00385 e. The molecule has 1 aliphatic heterocycles. The second-order valence-electron chi connectivity index (χ2n) is 6.19. The zero-order chi connectivity index (χ0) is 13.2. The predicted molar refractivity (Wildman–Crippen MR) is 81.1 cm³/mol. The SMILES string of the molecule is CCCCCN(CCCC1CCCNC1)C(C)C. The molecule has 0 aromatic carbocycles. The molecule has 0 saturated carbocycles. The first-order valence-corrected chi connectivity index (χ1v) is 8.18. The molecule has 1 atom stereocenters. The van der Waals surface area contributed by atoms with Gasteiger partial charge >= 0.3 is 0 Å². The number of piperidine rings is 1. The zero-order valence-corrected chi connectivity index (χ0v) is 12.9. The van der Waals surface area contributed by atoms with E-state index in [1.807, 2.05) is 0 Å². The largest absolute Gasteiger partial charge is 0.316 e. The van der Waals surface area contributed by atoms with Crippen molar-refractivity contribution in [1.82, 2.24) is 10.2 Å². The number of hydrogen-bond acceptors (Lipinski definition) is 2. The first-order chi connectivity index (χ1) is 8.74. The Kier molecular flexibility index (Phi) is 8.70. The number of rotatable bonds is 9. The minimum atomic E-state index is 0.714. The second kappa shape index (κ2) is 9.80. The molecule has 1 fully saturated rings. The Morgan fingerprint density at radius 2 is 1.94 bits per heavy atom. The van der Waals surface area contributed by atoms with Crippen LogP contribution in [0.15, 0.2) is 0 Å². The van der Waals surface area contributed by atoms with E-state index in [-0.39, 0.29) is 0 Å². The molecule has 1 heterocycles. The standard InChI is InChI=1S/C16H34N2/c1-4-5-6-12-18(15(2)3)13-8-10-16-9-7-11-17-14-16/h15-17H,4-14H2,1-3H3. The van der Waals surface area contributed by atoms with Gasteiger partial charge in [-0.2, -0.15) is 0 Å². The van der Waals surface area contributed by atoms with E-state index in [1.165, 1.54) is 71.1 Å². The third kappa shape index (κ3) is 6.75. The van der Waals surface area contributed by atoms with E-state index in [0.717, 1.165) is 5.92 Å². The lowest BCUT2D eigenvalue weighted by atomic mass is 9.94. The predicted octanol–water partition coefficient (Wildman–Crippen LogP) is 3.67. The highest BCUT2D eigenvalue weighted by Crippen LogP contribution is 2.16. The molecule has 1 unspecified atom stereocenters. The molecule has 1 aliphatic rings. The van der Waals surface area contributed by atoms with Crippen LogP contribution in [0.3, 0.4) is 0 Å². The zero-order valence-electron chi connectivity index (χ0n) is 12.9. The number of nitrogens with one attached hydrogen (secondary N) is 1. The van der Waals surface area contributed by atoms with Gasteiger partial charge in [0, 0.05) is 6.04 Å². The molecule has 0 aliphatic carbocycles. The van der Waals surface area contributed by atoms with Crippen molar-refractivity contribution in [3.63, 3.8) is 0 Å². The summed E-state index contributed by atoms with van der Waals surface area (Å²) in [5, 5.41) is 3.52. The van der Waals surface area contributed by atoms with Crippen LogP contribution in [-0.2, 0) is 0 Å². The van der Waals surface area contributed by atoms with Gasteiger partial charge in [-0.1, -0.05) is 19.8 Å². The van der Waals surface area contributed by atoms with Gasteiger partial charge < -0.3 is 10.2 Å². The molecule has 0 aromatic heterocycles. The summed E-state index contributed by atoms with van der Waals surface area (Å²) in [4.78, 5) is 2.67. The Morgan fingerprint density at radius 1 is 1.17 bits per heavy atom. The highest BCUT2D eigenvalue weighted by molar-refractivity contribution is 4.70. The van der Waals surface area contributed by atoms with Crippen molar-refractivity contribution >= 4 is 0 Å². The van der Waals surface area contributed by atoms with Crippen LogP contribution < -0.4 is 5.32 Å². The average molecular weight is 254 g/mol. The fourth-order valence-corrected chi connectivity index (χ4v) is 2.95. The lowest BCUT2D eigenvalue weighted by molar-refractivity contribution is 0.205. The highest BCUT2D eigenvalue weighted by atomic mass is 15.1. The van der Waals surface area contributed by atoms with E-state index >= 15 is 0 Å². The summed E-state index contributed by atoms with van der Waals surface area (Å²) in [5.41, 5.74) is 0. The van der Waals surface area contributed by atoms with Gasteiger partial charge in [-0.3, -0.25) is 0 Å². The van der Waals surface area contributed by atoms with Crippen molar-refractivity contribution in [2.24, 2.45) is 5.92 Å². The molecule has 18 heavy (non-hydrogen) atoms. The summed E-state index contributed by atoms with van der Waals surface area (Å²) < 4.78 is 0.